The molecule has 0 aliphatic carbocycles. The molecule has 0 spiro atoms. The van der Waals surface area contributed by atoms with Crippen molar-refractivity contribution in [2.24, 2.45) is 0 Å². The summed E-state index contributed by atoms with van der Waals surface area (Å²) >= 11 is 0. The van der Waals surface area contributed by atoms with Gasteiger partial charge in [0, 0.05) is 17.1 Å². The summed E-state index contributed by atoms with van der Waals surface area (Å²) in [7, 11) is -5.70. The van der Waals surface area contributed by atoms with Gasteiger partial charge >= 0.3 is 15.6 Å². The summed E-state index contributed by atoms with van der Waals surface area (Å²) in [6.45, 7) is 1.97. The highest BCUT2D eigenvalue weighted by atomic mass is 32.2. The first-order valence-corrected chi connectivity index (χ1v) is 8.54. The molecule has 25 heavy (non-hydrogen) atoms. The number of hydrogen-bond donors (Lipinski definition) is 0. The van der Waals surface area contributed by atoms with Crippen LogP contribution in [-0.2, 0) is 10.1 Å². The molecule has 0 radical (unpaired) electrons. The molecule has 0 aliphatic heterocycles. The maximum atomic E-state index is 12.4. The van der Waals surface area contributed by atoms with Crippen molar-refractivity contribution in [3.63, 3.8) is 0 Å². The first kappa shape index (κ1) is 17.2. The Morgan fingerprint density at radius 3 is 2.28 bits per heavy atom. The van der Waals surface area contributed by atoms with Crippen molar-refractivity contribution in [1.82, 2.24) is 4.98 Å². The van der Waals surface area contributed by atoms with Crippen LogP contribution in [0.25, 0.3) is 22.0 Å². The smallest absolute Gasteiger partial charge is 0.376 e. The standard InChI is InChI=1S/C17H12F3NO3S/c1-11-2-4-12(5-3-11)16-9-13-6-7-15(8-14(13)10-21-16)24-25(22,23)17(18,19)20/h2-10H,1H3. The van der Waals surface area contributed by atoms with Gasteiger partial charge in [-0.25, -0.2) is 0 Å². The van der Waals surface area contributed by atoms with Gasteiger partial charge in [-0.3, -0.25) is 4.98 Å². The topological polar surface area (TPSA) is 56.3 Å². The molecule has 0 amide bonds. The zero-order chi connectivity index (χ0) is 18.2. The van der Waals surface area contributed by atoms with Crippen molar-refractivity contribution in [1.29, 1.82) is 0 Å². The third kappa shape index (κ3) is 3.58. The number of alkyl halides is 3. The van der Waals surface area contributed by atoms with E-state index in [0.29, 0.717) is 16.5 Å². The van der Waals surface area contributed by atoms with Gasteiger partial charge in [0.25, 0.3) is 0 Å². The third-order valence-electron chi connectivity index (χ3n) is 3.53. The van der Waals surface area contributed by atoms with E-state index in [-0.39, 0.29) is 0 Å². The quantitative estimate of drug-likeness (QED) is 0.507. The number of aryl methyl sites for hydroxylation is 1. The Balaban J connectivity index is 1.95. The molecule has 0 unspecified atom stereocenters. The summed E-state index contributed by atoms with van der Waals surface area (Å²) in [5.41, 5.74) is -2.77. The van der Waals surface area contributed by atoms with Crippen molar-refractivity contribution in [3.8, 4) is 17.0 Å². The highest BCUT2D eigenvalue weighted by Crippen LogP contribution is 2.30. The van der Waals surface area contributed by atoms with Crippen molar-refractivity contribution >= 4 is 20.9 Å². The summed E-state index contributed by atoms with van der Waals surface area (Å²) in [4.78, 5) is 4.27. The Bertz CT molecular complexity index is 1030. The molecule has 0 saturated heterocycles. The second-order valence-electron chi connectivity index (χ2n) is 5.43. The maximum Gasteiger partial charge on any atom is 0.534 e. The van der Waals surface area contributed by atoms with Crippen LogP contribution in [0.1, 0.15) is 5.56 Å². The fourth-order valence-electron chi connectivity index (χ4n) is 2.23. The predicted molar refractivity (Wildman–Crippen MR) is 87.5 cm³/mol. The van der Waals surface area contributed by atoms with E-state index in [2.05, 4.69) is 9.17 Å². The molecule has 0 N–H and O–H groups in total. The Morgan fingerprint density at radius 2 is 1.64 bits per heavy atom. The van der Waals surface area contributed by atoms with Gasteiger partial charge in [-0.15, -0.1) is 0 Å². The van der Waals surface area contributed by atoms with E-state index in [0.717, 1.165) is 11.1 Å². The number of aromatic nitrogens is 1. The second-order valence-corrected chi connectivity index (χ2v) is 6.97. The molecule has 130 valence electrons. The van der Waals surface area contributed by atoms with Gasteiger partial charge < -0.3 is 4.18 Å². The molecular weight excluding hydrogens is 355 g/mol. The molecule has 1 heterocycles. The Morgan fingerprint density at radius 1 is 0.960 bits per heavy atom. The normalized spacial score (nSPS) is 12.3. The minimum Gasteiger partial charge on any atom is -0.376 e. The zero-order valence-electron chi connectivity index (χ0n) is 12.9. The molecular formula is C17H12F3NO3S. The average molecular weight is 367 g/mol. The van der Waals surface area contributed by atoms with E-state index < -0.39 is 21.4 Å². The van der Waals surface area contributed by atoms with Gasteiger partial charge in [0.2, 0.25) is 0 Å². The lowest BCUT2D eigenvalue weighted by atomic mass is 10.1. The third-order valence-corrected chi connectivity index (χ3v) is 4.51. The molecule has 3 aromatic rings. The highest BCUT2D eigenvalue weighted by molar-refractivity contribution is 7.88. The van der Waals surface area contributed by atoms with Crippen LogP contribution in [0.15, 0.2) is 54.7 Å². The number of benzene rings is 2. The van der Waals surface area contributed by atoms with Crippen LogP contribution < -0.4 is 4.18 Å². The Kier molecular flexibility index (Phi) is 4.16. The van der Waals surface area contributed by atoms with Crippen LogP contribution in [-0.4, -0.2) is 18.9 Å². The monoisotopic (exact) mass is 367 g/mol. The van der Waals surface area contributed by atoms with Crippen molar-refractivity contribution < 1.29 is 25.8 Å². The van der Waals surface area contributed by atoms with Crippen LogP contribution >= 0.6 is 0 Å². The molecule has 4 nitrogen and oxygen atoms in total. The van der Waals surface area contributed by atoms with Crippen LogP contribution in [0, 0.1) is 6.92 Å². The fourth-order valence-corrected chi connectivity index (χ4v) is 2.68. The number of pyridine rings is 1. The zero-order valence-corrected chi connectivity index (χ0v) is 13.7. The van der Waals surface area contributed by atoms with E-state index in [1.165, 1.54) is 24.4 Å². The lowest BCUT2D eigenvalue weighted by Crippen LogP contribution is -2.28. The van der Waals surface area contributed by atoms with Crippen LogP contribution in [0.2, 0.25) is 0 Å². The van der Waals surface area contributed by atoms with Crippen LogP contribution in [0.5, 0.6) is 5.75 Å². The molecule has 0 bridgehead atoms. The SMILES string of the molecule is Cc1ccc(-c2cc3ccc(OS(=O)(=O)C(F)(F)F)cc3cn2)cc1. The summed E-state index contributed by atoms with van der Waals surface area (Å²) in [6, 6.07) is 13.3. The predicted octanol–water partition coefficient (Wildman–Crippen LogP) is 4.44. The van der Waals surface area contributed by atoms with E-state index in [9.17, 15) is 21.6 Å². The van der Waals surface area contributed by atoms with Crippen molar-refractivity contribution in [2.75, 3.05) is 0 Å². The number of hydrogen-bond acceptors (Lipinski definition) is 4. The lowest BCUT2D eigenvalue weighted by Gasteiger charge is -2.10. The Hall–Kier alpha value is -2.61. The highest BCUT2D eigenvalue weighted by Gasteiger charge is 2.48. The van der Waals surface area contributed by atoms with E-state index in [1.807, 2.05) is 31.2 Å². The minimum atomic E-state index is -5.70. The Labute approximate surface area is 142 Å². The fraction of sp³-hybridized carbons (Fsp3) is 0.118. The van der Waals surface area contributed by atoms with E-state index >= 15 is 0 Å². The van der Waals surface area contributed by atoms with Crippen molar-refractivity contribution in [2.45, 2.75) is 12.4 Å². The maximum absolute atomic E-state index is 12.4. The average Bonchev–Trinajstić information content (AvgIpc) is 2.54. The summed E-state index contributed by atoms with van der Waals surface area (Å²) in [5.74, 6) is -0.422. The van der Waals surface area contributed by atoms with Gasteiger partial charge in [0.15, 0.2) is 0 Å². The van der Waals surface area contributed by atoms with Crippen molar-refractivity contribution in [3.05, 3.63) is 60.3 Å². The summed E-state index contributed by atoms with van der Waals surface area (Å²) < 4.78 is 63.4. The van der Waals surface area contributed by atoms with Gasteiger partial charge in [-0.1, -0.05) is 35.9 Å². The lowest BCUT2D eigenvalue weighted by molar-refractivity contribution is -0.0500. The number of rotatable bonds is 3. The molecule has 8 heteroatoms. The largest absolute Gasteiger partial charge is 0.534 e. The molecule has 3 rings (SSSR count). The van der Waals surface area contributed by atoms with E-state index in [1.54, 1.807) is 6.07 Å². The minimum absolute atomic E-state index is 0.422. The van der Waals surface area contributed by atoms with Gasteiger partial charge in [-0.2, -0.15) is 21.6 Å². The number of halogens is 3. The van der Waals surface area contributed by atoms with E-state index in [4.69, 9.17) is 0 Å². The molecule has 0 fully saturated rings. The van der Waals surface area contributed by atoms with Gasteiger partial charge in [0.05, 0.1) is 5.69 Å². The number of fused-ring (bicyclic) bond motifs is 1. The summed E-state index contributed by atoms with van der Waals surface area (Å²) in [5, 5.41) is 1.16. The van der Waals surface area contributed by atoms with Gasteiger partial charge in [-0.05, 0) is 30.5 Å². The first-order valence-electron chi connectivity index (χ1n) is 7.13. The van der Waals surface area contributed by atoms with Gasteiger partial charge in [0.1, 0.15) is 5.75 Å². The molecule has 0 aliphatic rings. The molecule has 1 aromatic heterocycles. The first-order chi connectivity index (χ1) is 11.7. The number of nitrogens with zero attached hydrogens (tertiary/aromatic N) is 1. The molecule has 0 atom stereocenters. The molecule has 0 saturated carbocycles. The van der Waals surface area contributed by atoms with Crippen LogP contribution in [0.4, 0.5) is 13.2 Å². The summed E-state index contributed by atoms with van der Waals surface area (Å²) in [6.07, 6.45) is 1.46. The second kappa shape index (κ2) is 6.03. The van der Waals surface area contributed by atoms with Crippen LogP contribution in [0.3, 0.4) is 0 Å². The molecule has 2 aromatic carbocycles.